The highest BCUT2D eigenvalue weighted by Crippen LogP contribution is 1.86. The molecular weight excluding hydrogens is 322 g/mol. The van der Waals surface area contributed by atoms with Crippen LogP contribution in [0.25, 0.3) is 0 Å². The molecule has 0 saturated heterocycles. The lowest BCUT2D eigenvalue weighted by atomic mass is 10.3. The topological polar surface area (TPSA) is 124 Å². The van der Waals surface area contributed by atoms with Crippen molar-refractivity contribution in [3.63, 3.8) is 0 Å². The summed E-state index contributed by atoms with van der Waals surface area (Å²) in [6, 6.07) is 0. The van der Waals surface area contributed by atoms with Crippen molar-refractivity contribution in [1.29, 1.82) is 0 Å². The smallest absolute Gasteiger partial charge is 0.251 e. The molecule has 9 heteroatoms. The Morgan fingerprint density at radius 1 is 0.875 bits per heavy atom. The predicted octanol–water partition coefficient (Wildman–Crippen LogP) is -1.50. The molecule has 3 N–H and O–H groups in total. The lowest BCUT2D eigenvalue weighted by Gasteiger charge is -2.09. The van der Waals surface area contributed by atoms with Crippen LogP contribution in [0.1, 0.15) is 13.3 Å². The van der Waals surface area contributed by atoms with Crippen LogP contribution in [0.4, 0.5) is 0 Å². The summed E-state index contributed by atoms with van der Waals surface area (Å²) in [7, 11) is 0. The first-order valence-electron chi connectivity index (χ1n) is 7.95. The van der Waals surface area contributed by atoms with E-state index in [2.05, 4.69) is 5.32 Å². The van der Waals surface area contributed by atoms with Crippen molar-refractivity contribution >= 4 is 11.7 Å². The Morgan fingerprint density at radius 3 is 1.79 bits per heavy atom. The molecule has 0 aromatic heterocycles. The maximum Gasteiger partial charge on any atom is 0.251 e. The first-order valence-corrected chi connectivity index (χ1v) is 7.95. The van der Waals surface area contributed by atoms with E-state index in [0.717, 1.165) is 0 Å². The highest BCUT2D eigenvalue weighted by molar-refractivity contribution is 5.80. The standard InChI is InChI=1S/C15H29NO8/c1-13(18)2-4-21-6-8-23-10-11-24-9-7-22-5-3-16-15(20)14(19)12-17/h14,17,19H,2-12H2,1H3,(H,16,20). The Bertz CT molecular complexity index is 327. The molecule has 0 aromatic carbocycles. The van der Waals surface area contributed by atoms with Crippen molar-refractivity contribution in [2.75, 3.05) is 66.0 Å². The van der Waals surface area contributed by atoms with Gasteiger partial charge in [0.25, 0.3) is 5.91 Å². The second kappa shape index (κ2) is 16.7. The van der Waals surface area contributed by atoms with E-state index in [9.17, 15) is 9.59 Å². The van der Waals surface area contributed by atoms with E-state index in [4.69, 9.17) is 29.2 Å². The monoisotopic (exact) mass is 351 g/mol. The second-order valence-corrected chi connectivity index (χ2v) is 4.89. The number of ether oxygens (including phenoxy) is 4. The Morgan fingerprint density at radius 2 is 1.33 bits per heavy atom. The van der Waals surface area contributed by atoms with Crippen LogP contribution >= 0.6 is 0 Å². The van der Waals surface area contributed by atoms with Crippen LogP contribution in [-0.4, -0.2) is 94.0 Å². The summed E-state index contributed by atoms with van der Waals surface area (Å²) in [6.07, 6.45) is -0.970. The number of carbonyl (C=O) groups excluding carboxylic acids is 2. The number of ketones is 1. The fourth-order valence-electron chi connectivity index (χ4n) is 1.42. The molecule has 24 heavy (non-hydrogen) atoms. The molecule has 1 atom stereocenters. The van der Waals surface area contributed by atoms with Gasteiger partial charge in [0.1, 0.15) is 5.78 Å². The first-order chi connectivity index (χ1) is 11.6. The van der Waals surface area contributed by atoms with Crippen LogP contribution in [0.2, 0.25) is 0 Å². The molecule has 1 amide bonds. The first kappa shape index (κ1) is 22.9. The number of hydrogen-bond donors (Lipinski definition) is 3. The SMILES string of the molecule is CC(=O)CCOCCOCCOCCOCCNC(=O)C(O)CO. The lowest BCUT2D eigenvalue weighted by Crippen LogP contribution is -2.38. The molecule has 142 valence electrons. The quantitative estimate of drug-likeness (QED) is 0.271. The van der Waals surface area contributed by atoms with Gasteiger partial charge >= 0.3 is 0 Å². The molecular formula is C15H29NO8. The largest absolute Gasteiger partial charge is 0.393 e. The molecule has 0 saturated carbocycles. The van der Waals surface area contributed by atoms with Gasteiger partial charge in [0.15, 0.2) is 6.10 Å². The fourth-order valence-corrected chi connectivity index (χ4v) is 1.42. The van der Waals surface area contributed by atoms with Gasteiger partial charge in [-0.15, -0.1) is 0 Å². The zero-order valence-corrected chi connectivity index (χ0v) is 14.2. The third-order valence-electron chi connectivity index (χ3n) is 2.74. The maximum atomic E-state index is 11.1. The number of nitrogens with one attached hydrogen (secondary N) is 1. The minimum absolute atomic E-state index is 0.108. The van der Waals surface area contributed by atoms with Crippen molar-refractivity contribution in [3.05, 3.63) is 0 Å². The van der Waals surface area contributed by atoms with Gasteiger partial charge in [-0.25, -0.2) is 0 Å². The Kier molecular flexibility index (Phi) is 16.0. The van der Waals surface area contributed by atoms with Crippen molar-refractivity contribution < 1.29 is 38.7 Å². The molecule has 0 rings (SSSR count). The number of aliphatic hydroxyl groups is 2. The predicted molar refractivity (Wildman–Crippen MR) is 84.7 cm³/mol. The summed E-state index contributed by atoms with van der Waals surface area (Å²) in [5.41, 5.74) is 0. The van der Waals surface area contributed by atoms with E-state index in [1.54, 1.807) is 0 Å². The minimum Gasteiger partial charge on any atom is -0.393 e. The maximum absolute atomic E-state index is 11.1. The second-order valence-electron chi connectivity index (χ2n) is 4.89. The minimum atomic E-state index is -1.40. The van der Waals surface area contributed by atoms with Crippen LogP contribution < -0.4 is 5.32 Å². The third kappa shape index (κ3) is 15.8. The highest BCUT2D eigenvalue weighted by Gasteiger charge is 2.11. The Labute approximate surface area is 142 Å². The molecule has 0 fully saturated rings. The van der Waals surface area contributed by atoms with E-state index in [-0.39, 0.29) is 12.3 Å². The average Bonchev–Trinajstić information content (AvgIpc) is 2.57. The average molecular weight is 351 g/mol. The number of Topliss-reactive ketones (excluding diaryl/α,β-unsaturated/α-hetero) is 1. The van der Waals surface area contributed by atoms with Crippen LogP contribution in [0.3, 0.4) is 0 Å². The molecule has 0 aliphatic rings. The van der Waals surface area contributed by atoms with Gasteiger partial charge < -0.3 is 34.5 Å². The highest BCUT2D eigenvalue weighted by atomic mass is 16.6. The molecule has 0 spiro atoms. The van der Waals surface area contributed by atoms with Crippen LogP contribution in [-0.2, 0) is 28.5 Å². The number of aliphatic hydroxyl groups excluding tert-OH is 2. The molecule has 9 nitrogen and oxygen atoms in total. The fraction of sp³-hybridized carbons (Fsp3) is 0.867. The number of amides is 1. The zero-order chi connectivity index (χ0) is 18.0. The van der Waals surface area contributed by atoms with Crippen LogP contribution in [0.15, 0.2) is 0 Å². The summed E-state index contributed by atoms with van der Waals surface area (Å²) in [6.45, 7) is 4.48. The third-order valence-corrected chi connectivity index (χ3v) is 2.74. The van der Waals surface area contributed by atoms with Gasteiger partial charge in [-0.1, -0.05) is 0 Å². The summed E-state index contributed by atoms with van der Waals surface area (Å²) in [4.78, 5) is 21.7. The summed E-state index contributed by atoms with van der Waals surface area (Å²) < 4.78 is 21.0. The summed E-state index contributed by atoms with van der Waals surface area (Å²) in [5.74, 6) is -0.517. The number of carbonyl (C=O) groups is 2. The van der Waals surface area contributed by atoms with Gasteiger partial charge in [0.05, 0.1) is 59.5 Å². The van der Waals surface area contributed by atoms with E-state index in [0.29, 0.717) is 59.3 Å². The molecule has 0 bridgehead atoms. The van der Waals surface area contributed by atoms with Gasteiger partial charge in [0, 0.05) is 13.0 Å². The van der Waals surface area contributed by atoms with Crippen molar-refractivity contribution in [2.24, 2.45) is 0 Å². The van der Waals surface area contributed by atoms with Gasteiger partial charge in [-0.3, -0.25) is 9.59 Å². The molecule has 0 aliphatic heterocycles. The van der Waals surface area contributed by atoms with Gasteiger partial charge in [0.2, 0.25) is 0 Å². The lowest BCUT2D eigenvalue weighted by molar-refractivity contribution is -0.131. The van der Waals surface area contributed by atoms with Gasteiger partial charge in [-0.05, 0) is 6.92 Å². The summed E-state index contributed by atoms with van der Waals surface area (Å²) >= 11 is 0. The van der Waals surface area contributed by atoms with E-state index < -0.39 is 18.6 Å². The van der Waals surface area contributed by atoms with Crippen LogP contribution in [0, 0.1) is 0 Å². The van der Waals surface area contributed by atoms with Crippen molar-refractivity contribution in [3.8, 4) is 0 Å². The molecule has 0 heterocycles. The Balaban J connectivity index is 3.13. The summed E-state index contributed by atoms with van der Waals surface area (Å²) in [5, 5.41) is 20.0. The molecule has 0 radical (unpaired) electrons. The number of rotatable bonds is 17. The van der Waals surface area contributed by atoms with Crippen LogP contribution in [0.5, 0.6) is 0 Å². The van der Waals surface area contributed by atoms with E-state index >= 15 is 0 Å². The van der Waals surface area contributed by atoms with E-state index in [1.165, 1.54) is 6.92 Å². The van der Waals surface area contributed by atoms with Crippen molar-refractivity contribution in [2.45, 2.75) is 19.4 Å². The van der Waals surface area contributed by atoms with Gasteiger partial charge in [-0.2, -0.15) is 0 Å². The zero-order valence-electron chi connectivity index (χ0n) is 14.2. The molecule has 1 unspecified atom stereocenters. The Hall–Kier alpha value is -1.10. The molecule has 0 aliphatic carbocycles. The normalized spacial score (nSPS) is 12.1. The van der Waals surface area contributed by atoms with Crippen molar-refractivity contribution in [1.82, 2.24) is 5.32 Å². The molecule has 0 aromatic rings. The van der Waals surface area contributed by atoms with E-state index in [1.807, 2.05) is 0 Å². The number of hydrogen-bond acceptors (Lipinski definition) is 8.